The lowest BCUT2D eigenvalue weighted by atomic mass is 10.0. The molecule has 40 heavy (non-hydrogen) atoms. The molecule has 7 nitrogen and oxygen atoms in total. The Bertz CT molecular complexity index is 673. The van der Waals surface area contributed by atoms with Crippen molar-refractivity contribution in [3.8, 4) is 11.8 Å². The first-order valence-corrected chi connectivity index (χ1v) is 16.1. The molecule has 0 aliphatic carbocycles. The van der Waals surface area contributed by atoms with Crippen LogP contribution in [0.5, 0.6) is 0 Å². The highest BCUT2D eigenvalue weighted by molar-refractivity contribution is 5.00. The molecule has 234 valence electrons. The Hall–Kier alpha value is -0.720. The summed E-state index contributed by atoms with van der Waals surface area (Å²) in [5.41, 5.74) is 0. The maximum Gasteiger partial charge on any atom is 0.163 e. The van der Waals surface area contributed by atoms with E-state index in [0.29, 0.717) is 13.4 Å². The summed E-state index contributed by atoms with van der Waals surface area (Å²) in [4.78, 5) is 0. The van der Waals surface area contributed by atoms with E-state index in [4.69, 9.17) is 33.2 Å². The molecule has 2 heterocycles. The lowest BCUT2D eigenvalue weighted by Crippen LogP contribution is -2.34. The molecule has 7 heteroatoms. The molecule has 2 aliphatic heterocycles. The third kappa shape index (κ3) is 15.5. The van der Waals surface area contributed by atoms with Crippen molar-refractivity contribution in [1.29, 1.82) is 0 Å². The fourth-order valence-electron chi connectivity index (χ4n) is 5.66. The maximum atomic E-state index is 6.55. The van der Waals surface area contributed by atoms with Crippen LogP contribution in [0, 0.1) is 11.8 Å². The number of rotatable bonds is 23. The molecule has 2 rings (SSSR count). The fraction of sp³-hybridized carbons (Fsp3) is 0.939. The van der Waals surface area contributed by atoms with Crippen LogP contribution in [-0.4, -0.2) is 70.7 Å². The summed E-state index contributed by atoms with van der Waals surface area (Å²) in [6, 6.07) is 0. The minimum Gasteiger partial charge on any atom is -0.370 e. The quantitative estimate of drug-likeness (QED) is 0.0717. The lowest BCUT2D eigenvalue weighted by Gasteiger charge is -2.27. The van der Waals surface area contributed by atoms with Crippen LogP contribution < -0.4 is 0 Å². The number of hydrogen-bond acceptors (Lipinski definition) is 7. The second-order valence-corrected chi connectivity index (χ2v) is 11.9. The number of methoxy groups -OCH3 is 2. The zero-order chi connectivity index (χ0) is 28.9. The molecule has 0 amide bonds. The van der Waals surface area contributed by atoms with Crippen LogP contribution in [0.2, 0.25) is 0 Å². The van der Waals surface area contributed by atoms with Gasteiger partial charge in [0.15, 0.2) is 5.79 Å². The molecule has 0 aromatic carbocycles. The molecule has 0 spiro atoms. The third-order valence-corrected chi connectivity index (χ3v) is 7.89. The summed E-state index contributed by atoms with van der Waals surface area (Å²) in [6.07, 6.45) is 19.9. The zero-order valence-corrected chi connectivity index (χ0v) is 26.4. The van der Waals surface area contributed by atoms with Crippen molar-refractivity contribution in [2.24, 2.45) is 0 Å². The number of ether oxygens (including phenoxy) is 7. The van der Waals surface area contributed by atoms with Gasteiger partial charge in [0.2, 0.25) is 0 Å². The summed E-state index contributed by atoms with van der Waals surface area (Å²) in [5.74, 6) is 6.15. The minimum atomic E-state index is -0.468. The number of unbranched alkanes of at least 4 members (excludes halogenated alkanes) is 9. The van der Waals surface area contributed by atoms with E-state index >= 15 is 0 Å². The fourth-order valence-corrected chi connectivity index (χ4v) is 5.66. The average Bonchev–Trinajstić information content (AvgIpc) is 3.56. The topological polar surface area (TPSA) is 64.6 Å². The molecule has 0 radical (unpaired) electrons. The summed E-state index contributed by atoms with van der Waals surface area (Å²) in [7, 11) is 3.34. The van der Waals surface area contributed by atoms with Crippen molar-refractivity contribution in [3.05, 3.63) is 0 Å². The normalized spacial score (nSPS) is 23.7. The maximum absolute atomic E-state index is 6.55. The predicted molar refractivity (Wildman–Crippen MR) is 159 cm³/mol. The van der Waals surface area contributed by atoms with E-state index in [-0.39, 0.29) is 37.3 Å². The van der Waals surface area contributed by atoms with Crippen LogP contribution in [0.4, 0.5) is 0 Å². The van der Waals surface area contributed by atoms with Crippen molar-refractivity contribution < 1.29 is 33.2 Å². The summed E-state index contributed by atoms with van der Waals surface area (Å²) >= 11 is 0. The predicted octanol–water partition coefficient (Wildman–Crippen LogP) is 7.54. The molecule has 0 aromatic heterocycles. The van der Waals surface area contributed by atoms with E-state index in [9.17, 15) is 0 Å². The first-order valence-electron chi connectivity index (χ1n) is 16.1. The van der Waals surface area contributed by atoms with Gasteiger partial charge in [0.1, 0.15) is 13.6 Å². The van der Waals surface area contributed by atoms with Gasteiger partial charge in [-0.05, 0) is 46.0 Å². The highest BCUT2D eigenvalue weighted by Crippen LogP contribution is 2.31. The van der Waals surface area contributed by atoms with Gasteiger partial charge in [-0.1, -0.05) is 71.1 Å². The third-order valence-electron chi connectivity index (χ3n) is 7.89. The second kappa shape index (κ2) is 21.9. The van der Waals surface area contributed by atoms with E-state index in [1.807, 2.05) is 13.8 Å². The van der Waals surface area contributed by atoms with Gasteiger partial charge >= 0.3 is 0 Å². The van der Waals surface area contributed by atoms with Crippen LogP contribution in [0.25, 0.3) is 0 Å². The molecular formula is C33H60O7. The summed E-state index contributed by atoms with van der Waals surface area (Å²) in [5, 5.41) is 0. The van der Waals surface area contributed by atoms with Crippen molar-refractivity contribution in [2.75, 3.05) is 34.4 Å². The molecule has 0 unspecified atom stereocenters. The van der Waals surface area contributed by atoms with E-state index in [2.05, 4.69) is 18.8 Å². The van der Waals surface area contributed by atoms with Gasteiger partial charge < -0.3 is 33.2 Å². The molecular weight excluding hydrogens is 508 g/mol. The van der Waals surface area contributed by atoms with Gasteiger partial charge in [-0.2, -0.15) is 0 Å². The largest absolute Gasteiger partial charge is 0.370 e. The molecule has 2 aliphatic rings. The molecule has 2 fully saturated rings. The van der Waals surface area contributed by atoms with E-state index in [1.54, 1.807) is 14.2 Å². The highest BCUT2D eigenvalue weighted by Gasteiger charge is 2.36. The molecule has 0 bridgehead atoms. The first-order chi connectivity index (χ1) is 19.5. The van der Waals surface area contributed by atoms with Crippen molar-refractivity contribution in [1.82, 2.24) is 0 Å². The Balaban J connectivity index is 1.70. The minimum absolute atomic E-state index is 0.0352. The Labute approximate surface area is 245 Å². The molecule has 2 saturated heterocycles. The standard InChI is InChI=1S/C33H60O7/c1-6-7-8-9-10-11-12-13-14-18-21-29(36-26-34-4)31-23-24-32(39-31)30(37-27-35-5)22-19-16-15-17-20-28-25-38-33(2,3)40-28/h28-32H,6-14,17-27H2,1-5H3/t28-,29+,30-,31+,32-/m1/s1. The Morgan fingerprint density at radius 1 is 0.750 bits per heavy atom. The molecule has 0 saturated carbocycles. The lowest BCUT2D eigenvalue weighted by molar-refractivity contribution is -0.158. The summed E-state index contributed by atoms with van der Waals surface area (Å²) in [6.45, 7) is 7.41. The zero-order valence-electron chi connectivity index (χ0n) is 26.4. The molecule has 5 atom stereocenters. The Morgan fingerprint density at radius 3 is 1.85 bits per heavy atom. The monoisotopic (exact) mass is 568 g/mol. The van der Waals surface area contributed by atoms with Gasteiger partial charge in [-0.15, -0.1) is 11.8 Å². The first kappa shape index (κ1) is 35.5. The Morgan fingerprint density at radius 2 is 1.30 bits per heavy atom. The molecule has 0 N–H and O–H groups in total. The SMILES string of the molecule is CCCCCCCCCCCC[C@H](OCOC)[C@@H]1CC[C@H]([C@@H](CCC#CCC[C@@H]2COC(C)(C)O2)OCOC)O1. The van der Waals surface area contributed by atoms with Gasteiger partial charge in [-0.3, -0.25) is 0 Å². The molecule has 0 aromatic rings. The number of hydrogen-bond donors (Lipinski definition) is 0. The van der Waals surface area contributed by atoms with Gasteiger partial charge in [0.25, 0.3) is 0 Å². The van der Waals surface area contributed by atoms with Crippen LogP contribution in [0.1, 0.15) is 130 Å². The highest BCUT2D eigenvalue weighted by atomic mass is 16.7. The van der Waals surface area contributed by atoms with Crippen molar-refractivity contribution >= 4 is 0 Å². The van der Waals surface area contributed by atoms with E-state index < -0.39 is 5.79 Å². The average molecular weight is 569 g/mol. The van der Waals surface area contributed by atoms with Gasteiger partial charge in [0, 0.05) is 27.1 Å². The van der Waals surface area contributed by atoms with Crippen LogP contribution in [0.15, 0.2) is 0 Å². The summed E-state index contributed by atoms with van der Waals surface area (Å²) < 4.78 is 40.6. The van der Waals surface area contributed by atoms with Gasteiger partial charge in [0.05, 0.1) is 37.1 Å². The van der Waals surface area contributed by atoms with Crippen LogP contribution in [-0.2, 0) is 33.2 Å². The van der Waals surface area contributed by atoms with Crippen LogP contribution >= 0.6 is 0 Å². The van der Waals surface area contributed by atoms with Crippen LogP contribution in [0.3, 0.4) is 0 Å². The van der Waals surface area contributed by atoms with Gasteiger partial charge in [-0.25, -0.2) is 0 Å². The van der Waals surface area contributed by atoms with Crippen molar-refractivity contribution in [3.63, 3.8) is 0 Å². The second-order valence-electron chi connectivity index (χ2n) is 11.9. The van der Waals surface area contributed by atoms with E-state index in [1.165, 1.54) is 64.2 Å². The van der Waals surface area contributed by atoms with Crippen molar-refractivity contribution in [2.45, 2.75) is 166 Å². The van der Waals surface area contributed by atoms with E-state index in [0.717, 1.165) is 44.9 Å². The smallest absolute Gasteiger partial charge is 0.163 e. The Kier molecular flexibility index (Phi) is 19.4.